The van der Waals surface area contributed by atoms with Crippen molar-refractivity contribution >= 4 is 56.3 Å². The Morgan fingerprint density at radius 3 is 1.68 bits per heavy atom. The number of fused-ring (bicyclic) bond motifs is 1. The predicted molar refractivity (Wildman–Crippen MR) is 133 cm³/mol. The minimum Gasteiger partial charge on any atom is -0.245 e. The van der Waals surface area contributed by atoms with Crippen molar-refractivity contribution in [3.05, 3.63) is 119 Å². The van der Waals surface area contributed by atoms with Crippen LogP contribution in [0.3, 0.4) is 0 Å². The first-order valence-electron chi connectivity index (χ1n) is 9.97. The zero-order chi connectivity index (χ0) is 21.3. The molecule has 1 nitrogen and oxygen atoms in total. The fourth-order valence-electron chi connectivity index (χ4n) is 4.06. The molecule has 5 aromatic rings. The molecule has 0 saturated heterocycles. The van der Waals surface area contributed by atoms with Crippen LogP contribution in [0.15, 0.2) is 103 Å². The van der Waals surface area contributed by atoms with Crippen LogP contribution < -0.4 is 15.9 Å². The van der Waals surface area contributed by atoms with Crippen molar-refractivity contribution in [2.24, 2.45) is 0 Å². The molecule has 3 aromatic carbocycles. The summed E-state index contributed by atoms with van der Waals surface area (Å²) < 4.78 is 15.5. The highest BCUT2D eigenvalue weighted by atomic mass is 35.5. The highest BCUT2D eigenvalue weighted by Gasteiger charge is 2.45. The number of nitrogens with zero attached hydrogens (tertiary/aromatic N) is 1. The quantitative estimate of drug-likeness (QED) is 0.269. The fourth-order valence-corrected chi connectivity index (χ4v) is 9.29. The zero-order valence-electron chi connectivity index (χ0n) is 16.6. The molecule has 0 amide bonds. The van der Waals surface area contributed by atoms with Crippen molar-refractivity contribution in [1.82, 2.24) is 4.98 Å². The molecule has 0 saturated carbocycles. The molecule has 152 valence electrons. The SMILES string of the molecule is Fc1c(Cl)sc2ccc(C[P+](c3ccccc3)(c3ccccc3)c3ccccc3)nc12. The number of aromatic nitrogens is 1. The zero-order valence-corrected chi connectivity index (χ0v) is 19.0. The van der Waals surface area contributed by atoms with Crippen LogP contribution >= 0.6 is 30.2 Å². The molecule has 5 heteroatoms. The molecule has 2 aromatic heterocycles. The van der Waals surface area contributed by atoms with Gasteiger partial charge in [0.25, 0.3) is 0 Å². The largest absolute Gasteiger partial charge is 0.245 e. The third-order valence-electron chi connectivity index (χ3n) is 5.49. The van der Waals surface area contributed by atoms with Gasteiger partial charge in [-0.3, -0.25) is 0 Å². The Hall–Kier alpha value is -2.58. The van der Waals surface area contributed by atoms with Crippen molar-refractivity contribution in [3.63, 3.8) is 0 Å². The molecule has 0 aliphatic rings. The van der Waals surface area contributed by atoms with Gasteiger partial charge in [-0.1, -0.05) is 66.2 Å². The molecule has 0 bridgehead atoms. The van der Waals surface area contributed by atoms with E-state index in [9.17, 15) is 4.39 Å². The van der Waals surface area contributed by atoms with Crippen molar-refractivity contribution < 1.29 is 4.39 Å². The van der Waals surface area contributed by atoms with Gasteiger partial charge in [0.2, 0.25) is 0 Å². The van der Waals surface area contributed by atoms with Gasteiger partial charge in [0.05, 0.1) is 10.4 Å². The molecule has 0 atom stereocenters. The molecule has 0 fully saturated rings. The monoisotopic (exact) mass is 462 g/mol. The molecule has 2 heterocycles. The van der Waals surface area contributed by atoms with Crippen LogP contribution in [0.4, 0.5) is 4.39 Å². The average Bonchev–Trinajstić information content (AvgIpc) is 3.12. The Morgan fingerprint density at radius 2 is 1.19 bits per heavy atom. The molecule has 0 unspecified atom stereocenters. The average molecular weight is 463 g/mol. The van der Waals surface area contributed by atoms with Crippen molar-refractivity contribution in [2.75, 3.05) is 0 Å². The topological polar surface area (TPSA) is 12.9 Å². The third kappa shape index (κ3) is 3.68. The van der Waals surface area contributed by atoms with Crippen LogP contribution in [0.5, 0.6) is 0 Å². The number of benzene rings is 3. The number of pyridine rings is 1. The summed E-state index contributed by atoms with van der Waals surface area (Å²) in [4.78, 5) is 4.74. The van der Waals surface area contributed by atoms with Crippen molar-refractivity contribution in [2.45, 2.75) is 6.16 Å². The van der Waals surface area contributed by atoms with Gasteiger partial charge in [0, 0.05) is 0 Å². The lowest BCUT2D eigenvalue weighted by molar-refractivity contribution is 0.641. The molecule has 0 N–H and O–H groups in total. The lowest BCUT2D eigenvalue weighted by Crippen LogP contribution is -2.32. The first-order chi connectivity index (χ1) is 15.2. The van der Waals surface area contributed by atoms with Gasteiger partial charge in [-0.25, -0.2) is 9.37 Å². The number of rotatable bonds is 5. The molecule has 0 radical (unpaired) electrons. The van der Waals surface area contributed by atoms with Crippen LogP contribution in [0.25, 0.3) is 10.2 Å². The van der Waals surface area contributed by atoms with Crippen LogP contribution in [0.2, 0.25) is 4.34 Å². The maximum atomic E-state index is 14.6. The second kappa shape index (κ2) is 8.51. The van der Waals surface area contributed by atoms with E-state index in [4.69, 9.17) is 16.6 Å². The van der Waals surface area contributed by atoms with E-state index in [0.717, 1.165) is 10.4 Å². The van der Waals surface area contributed by atoms with Gasteiger partial charge < -0.3 is 0 Å². The summed E-state index contributed by atoms with van der Waals surface area (Å²) in [5, 5.41) is 3.83. The molecule has 0 spiro atoms. The van der Waals surface area contributed by atoms with Gasteiger partial charge in [-0.05, 0) is 48.5 Å². The van der Waals surface area contributed by atoms with E-state index in [0.29, 0.717) is 11.7 Å². The summed E-state index contributed by atoms with van der Waals surface area (Å²) in [5.74, 6) is -0.424. The smallest absolute Gasteiger partial charge is 0.178 e. The van der Waals surface area contributed by atoms with Gasteiger partial charge >= 0.3 is 0 Å². The van der Waals surface area contributed by atoms with E-state index in [1.807, 2.05) is 30.3 Å². The summed E-state index contributed by atoms with van der Waals surface area (Å²) in [7, 11) is -2.08. The van der Waals surface area contributed by atoms with Gasteiger partial charge in [-0.15, -0.1) is 11.3 Å². The summed E-state index contributed by atoms with van der Waals surface area (Å²) in [5.41, 5.74) is 1.23. The van der Waals surface area contributed by atoms with Crippen molar-refractivity contribution in [3.8, 4) is 0 Å². The highest BCUT2D eigenvalue weighted by molar-refractivity contribution is 7.95. The first-order valence-corrected chi connectivity index (χ1v) is 13.1. The van der Waals surface area contributed by atoms with E-state index >= 15 is 0 Å². The van der Waals surface area contributed by atoms with E-state index < -0.39 is 13.1 Å². The highest BCUT2D eigenvalue weighted by Crippen LogP contribution is 2.58. The van der Waals surface area contributed by atoms with Gasteiger partial charge in [0.1, 0.15) is 39.2 Å². The lowest BCUT2D eigenvalue weighted by atomic mass is 10.3. The Morgan fingerprint density at radius 1 is 0.710 bits per heavy atom. The maximum absolute atomic E-state index is 14.6. The van der Waals surface area contributed by atoms with Gasteiger partial charge in [-0.2, -0.15) is 0 Å². The van der Waals surface area contributed by atoms with E-state index in [1.54, 1.807) is 0 Å². The molecule has 0 aliphatic heterocycles. The first kappa shape index (κ1) is 20.3. The minimum atomic E-state index is -2.08. The molecule has 31 heavy (non-hydrogen) atoms. The Balaban J connectivity index is 1.77. The molecule has 0 aliphatic carbocycles. The summed E-state index contributed by atoms with van der Waals surface area (Å²) in [6.07, 6.45) is 0.702. The molecular formula is C26H19ClFNPS+. The minimum absolute atomic E-state index is 0.162. The predicted octanol–water partition coefficient (Wildman–Crippen LogP) is 6.58. The van der Waals surface area contributed by atoms with Gasteiger partial charge in [0.15, 0.2) is 5.82 Å². The second-order valence-corrected chi connectivity index (χ2v) is 12.5. The number of hydrogen-bond donors (Lipinski definition) is 0. The van der Waals surface area contributed by atoms with Crippen LogP contribution in [-0.4, -0.2) is 4.98 Å². The van der Waals surface area contributed by atoms with E-state index in [2.05, 4.69) is 72.8 Å². The lowest BCUT2D eigenvalue weighted by Gasteiger charge is -2.27. The fraction of sp³-hybridized carbons (Fsp3) is 0.0385. The summed E-state index contributed by atoms with van der Waals surface area (Å²) in [6.45, 7) is 0. The normalized spacial score (nSPS) is 11.7. The van der Waals surface area contributed by atoms with Crippen LogP contribution in [0.1, 0.15) is 5.69 Å². The maximum Gasteiger partial charge on any atom is 0.178 e. The number of thiophene rings is 1. The van der Waals surface area contributed by atoms with Crippen LogP contribution in [0, 0.1) is 5.82 Å². The Bertz CT molecular complexity index is 1230. The standard InChI is InChI=1S/C26H19ClFNPS/c27-26-24(28)25-23(31-26)17-16-19(29-25)18-30(20-10-4-1-5-11-20,21-12-6-2-7-13-21)22-14-8-3-9-15-22/h1-17H,18H2/q+1. The van der Waals surface area contributed by atoms with E-state index in [-0.39, 0.29) is 4.34 Å². The molecule has 5 rings (SSSR count). The number of hydrogen-bond acceptors (Lipinski definition) is 2. The Kier molecular flexibility index (Phi) is 5.58. The Labute approximate surface area is 190 Å². The number of halogens is 2. The third-order valence-corrected chi connectivity index (χ3v) is 11.1. The summed E-state index contributed by atoms with van der Waals surface area (Å²) in [6, 6.07) is 35.8. The van der Waals surface area contributed by atoms with Crippen LogP contribution in [-0.2, 0) is 6.16 Å². The second-order valence-electron chi connectivity index (χ2n) is 7.31. The molecular weight excluding hydrogens is 444 g/mol. The van der Waals surface area contributed by atoms with E-state index in [1.165, 1.54) is 27.3 Å². The summed E-state index contributed by atoms with van der Waals surface area (Å²) >= 11 is 7.27. The van der Waals surface area contributed by atoms with Crippen molar-refractivity contribution in [1.29, 1.82) is 0 Å².